The third-order valence-corrected chi connectivity index (χ3v) is 2.66. The van der Waals surface area contributed by atoms with Crippen molar-refractivity contribution in [3.05, 3.63) is 23.8 Å². The maximum Gasteiger partial charge on any atom is 0.274 e. The molecule has 0 saturated carbocycles. The minimum absolute atomic E-state index is 0. The largest absolute Gasteiger partial charge is 0.334 e. The van der Waals surface area contributed by atoms with Crippen molar-refractivity contribution in [1.82, 2.24) is 20.2 Å². The van der Waals surface area contributed by atoms with Crippen LogP contribution < -0.4 is 5.32 Å². The monoisotopic (exact) mass is 292 g/mol. The topological polar surface area (TPSA) is 58.1 Å². The number of hydrogen-bond donors (Lipinski definition) is 1. The summed E-state index contributed by atoms with van der Waals surface area (Å²) in [5.74, 6) is -0.0270. The molecule has 1 N–H and O–H groups in total. The molecular weight excluding hydrogens is 275 g/mol. The van der Waals surface area contributed by atoms with Gasteiger partial charge in [0.05, 0.1) is 11.9 Å². The lowest BCUT2D eigenvalue weighted by Gasteiger charge is -2.31. The fraction of sp³-hybridized carbons (Fsp3) is 0.545. The number of rotatable bonds is 1. The molecule has 0 radical (unpaired) electrons. The predicted octanol–water partition coefficient (Wildman–Crippen LogP) is 1.06. The molecule has 1 aromatic rings. The summed E-state index contributed by atoms with van der Waals surface area (Å²) in [5.41, 5.74) is 1.25. The normalized spacial score (nSPS) is 18.6. The quantitative estimate of drug-likeness (QED) is 0.841. The van der Waals surface area contributed by atoms with Crippen LogP contribution in [0.4, 0.5) is 0 Å². The first-order valence-corrected chi connectivity index (χ1v) is 5.48. The summed E-state index contributed by atoms with van der Waals surface area (Å²) < 4.78 is 0. The molecule has 0 spiro atoms. The Kier molecular flexibility index (Phi) is 7.13. The zero-order valence-corrected chi connectivity index (χ0v) is 12.1. The van der Waals surface area contributed by atoms with Gasteiger partial charge in [-0.1, -0.05) is 0 Å². The highest BCUT2D eigenvalue weighted by molar-refractivity contribution is 5.92. The second-order valence-corrected chi connectivity index (χ2v) is 4.15. The number of nitrogens with zero attached hydrogens (tertiary/aromatic N) is 3. The van der Waals surface area contributed by atoms with Crippen LogP contribution in [0.2, 0.25) is 0 Å². The van der Waals surface area contributed by atoms with Gasteiger partial charge in [0.25, 0.3) is 5.91 Å². The van der Waals surface area contributed by atoms with Gasteiger partial charge in [-0.05, 0) is 13.8 Å². The van der Waals surface area contributed by atoms with E-state index in [4.69, 9.17) is 0 Å². The van der Waals surface area contributed by atoms with Gasteiger partial charge in [-0.3, -0.25) is 9.78 Å². The predicted molar refractivity (Wildman–Crippen MR) is 74.6 cm³/mol. The summed E-state index contributed by atoms with van der Waals surface area (Å²) in [6, 6.07) is 0.344. The highest BCUT2D eigenvalue weighted by Crippen LogP contribution is 2.05. The molecule has 102 valence electrons. The van der Waals surface area contributed by atoms with Gasteiger partial charge >= 0.3 is 0 Å². The van der Waals surface area contributed by atoms with E-state index in [1.807, 2.05) is 11.8 Å². The van der Waals surface area contributed by atoms with Crippen LogP contribution in [0.15, 0.2) is 12.4 Å². The molecule has 1 aliphatic rings. The minimum atomic E-state index is -0.0270. The van der Waals surface area contributed by atoms with Crippen LogP contribution >= 0.6 is 24.8 Å². The van der Waals surface area contributed by atoms with E-state index < -0.39 is 0 Å². The summed E-state index contributed by atoms with van der Waals surface area (Å²) >= 11 is 0. The molecule has 1 saturated heterocycles. The molecule has 0 aromatic carbocycles. The molecule has 0 aliphatic carbocycles. The standard InChI is InChI=1S/C11H16N4O.2ClH/c1-8-5-14-10(6-13-8)11(16)15-4-3-12-9(2)7-15;;/h5-6,9,12H,3-4,7H2,1-2H3;2*1H/t9-;;/m1../s1. The van der Waals surface area contributed by atoms with Crippen LogP contribution in [-0.4, -0.2) is 46.5 Å². The average molecular weight is 293 g/mol. The zero-order chi connectivity index (χ0) is 11.5. The fourth-order valence-corrected chi connectivity index (χ4v) is 1.78. The minimum Gasteiger partial charge on any atom is -0.334 e. The number of amides is 1. The van der Waals surface area contributed by atoms with Gasteiger partial charge in [-0.25, -0.2) is 4.98 Å². The number of nitrogens with one attached hydrogen (secondary N) is 1. The van der Waals surface area contributed by atoms with Crippen molar-refractivity contribution >= 4 is 30.7 Å². The zero-order valence-electron chi connectivity index (χ0n) is 10.4. The summed E-state index contributed by atoms with van der Waals surface area (Å²) in [7, 11) is 0. The fourth-order valence-electron chi connectivity index (χ4n) is 1.78. The van der Waals surface area contributed by atoms with Crippen molar-refractivity contribution in [3.63, 3.8) is 0 Å². The van der Waals surface area contributed by atoms with Gasteiger partial charge in [0, 0.05) is 31.9 Å². The Morgan fingerprint density at radius 3 is 2.67 bits per heavy atom. The Labute approximate surface area is 119 Å². The Morgan fingerprint density at radius 1 is 1.39 bits per heavy atom. The second-order valence-electron chi connectivity index (χ2n) is 4.15. The summed E-state index contributed by atoms with van der Waals surface area (Å²) in [6.07, 6.45) is 3.17. The van der Waals surface area contributed by atoms with Crippen molar-refractivity contribution < 1.29 is 4.79 Å². The van der Waals surface area contributed by atoms with Crippen LogP contribution in [-0.2, 0) is 0 Å². The van der Waals surface area contributed by atoms with E-state index in [1.165, 1.54) is 0 Å². The smallest absolute Gasteiger partial charge is 0.274 e. The lowest BCUT2D eigenvalue weighted by Crippen LogP contribution is -2.51. The summed E-state index contributed by atoms with van der Waals surface area (Å²) in [4.78, 5) is 22.1. The van der Waals surface area contributed by atoms with Crippen LogP contribution in [0.25, 0.3) is 0 Å². The van der Waals surface area contributed by atoms with Crippen molar-refractivity contribution in [2.45, 2.75) is 19.9 Å². The molecular formula is C11H18Cl2N4O. The van der Waals surface area contributed by atoms with E-state index in [2.05, 4.69) is 22.2 Å². The summed E-state index contributed by atoms with van der Waals surface area (Å²) in [6.45, 7) is 6.23. The highest BCUT2D eigenvalue weighted by atomic mass is 35.5. The second kappa shape index (κ2) is 7.51. The molecule has 0 unspecified atom stereocenters. The molecule has 1 atom stereocenters. The third kappa shape index (κ3) is 4.08. The number of hydrogen-bond acceptors (Lipinski definition) is 4. The van der Waals surface area contributed by atoms with E-state index in [0.29, 0.717) is 11.7 Å². The van der Waals surface area contributed by atoms with Crippen molar-refractivity contribution in [1.29, 1.82) is 0 Å². The van der Waals surface area contributed by atoms with Crippen LogP contribution in [0, 0.1) is 6.92 Å². The van der Waals surface area contributed by atoms with E-state index in [0.717, 1.165) is 25.3 Å². The third-order valence-electron chi connectivity index (χ3n) is 2.66. The van der Waals surface area contributed by atoms with Gasteiger partial charge in [-0.15, -0.1) is 24.8 Å². The SMILES string of the molecule is Cc1cnc(C(=O)N2CCN[C@H](C)C2)cn1.Cl.Cl. The number of aromatic nitrogens is 2. The number of carbonyl (C=O) groups excluding carboxylic acids is 1. The molecule has 1 fully saturated rings. The van der Waals surface area contributed by atoms with Crippen LogP contribution in [0.1, 0.15) is 23.1 Å². The van der Waals surface area contributed by atoms with Gasteiger partial charge in [0.15, 0.2) is 0 Å². The Morgan fingerprint density at radius 2 is 2.11 bits per heavy atom. The van der Waals surface area contributed by atoms with E-state index in [1.54, 1.807) is 12.4 Å². The molecule has 5 nitrogen and oxygen atoms in total. The molecule has 2 rings (SSSR count). The van der Waals surface area contributed by atoms with Crippen molar-refractivity contribution in [2.75, 3.05) is 19.6 Å². The molecule has 1 aliphatic heterocycles. The van der Waals surface area contributed by atoms with Gasteiger partial charge in [0.2, 0.25) is 0 Å². The molecule has 0 bridgehead atoms. The lowest BCUT2D eigenvalue weighted by atomic mass is 10.2. The first-order valence-electron chi connectivity index (χ1n) is 5.48. The Bertz CT molecular complexity index is 385. The van der Waals surface area contributed by atoms with Crippen molar-refractivity contribution in [2.24, 2.45) is 0 Å². The summed E-state index contributed by atoms with van der Waals surface area (Å²) in [5, 5.41) is 3.30. The molecule has 1 amide bonds. The number of piperazine rings is 1. The maximum atomic E-state index is 12.1. The van der Waals surface area contributed by atoms with Gasteiger partial charge in [0.1, 0.15) is 5.69 Å². The van der Waals surface area contributed by atoms with E-state index in [-0.39, 0.29) is 30.7 Å². The number of aryl methyl sites for hydroxylation is 1. The first kappa shape index (κ1) is 17.1. The van der Waals surface area contributed by atoms with Gasteiger partial charge in [-0.2, -0.15) is 0 Å². The Balaban J connectivity index is 0.00000144. The lowest BCUT2D eigenvalue weighted by molar-refractivity contribution is 0.0702. The average Bonchev–Trinajstić information content (AvgIpc) is 2.29. The maximum absolute atomic E-state index is 12.1. The first-order chi connectivity index (χ1) is 7.66. The molecule has 1 aromatic heterocycles. The van der Waals surface area contributed by atoms with Gasteiger partial charge < -0.3 is 10.2 Å². The number of carbonyl (C=O) groups is 1. The number of halogens is 2. The van der Waals surface area contributed by atoms with Crippen LogP contribution in [0.3, 0.4) is 0 Å². The molecule has 7 heteroatoms. The highest BCUT2D eigenvalue weighted by Gasteiger charge is 2.22. The Hall–Kier alpha value is -0.910. The van der Waals surface area contributed by atoms with Crippen molar-refractivity contribution in [3.8, 4) is 0 Å². The van der Waals surface area contributed by atoms with E-state index >= 15 is 0 Å². The van der Waals surface area contributed by atoms with E-state index in [9.17, 15) is 4.79 Å². The molecule has 18 heavy (non-hydrogen) atoms. The van der Waals surface area contributed by atoms with Crippen LogP contribution in [0.5, 0.6) is 0 Å². The molecule has 2 heterocycles.